The van der Waals surface area contributed by atoms with Gasteiger partial charge in [0.1, 0.15) is 11.6 Å². The average Bonchev–Trinajstić information content (AvgIpc) is 3.19. The molecule has 0 radical (unpaired) electrons. The van der Waals surface area contributed by atoms with E-state index >= 15 is 0 Å². The van der Waals surface area contributed by atoms with Gasteiger partial charge in [0.15, 0.2) is 0 Å². The van der Waals surface area contributed by atoms with Gasteiger partial charge in [-0.3, -0.25) is 24.5 Å². The van der Waals surface area contributed by atoms with Crippen molar-refractivity contribution in [1.29, 1.82) is 5.26 Å². The minimum absolute atomic E-state index is 0.0868. The van der Waals surface area contributed by atoms with Crippen molar-refractivity contribution in [3.05, 3.63) is 61.4 Å². The summed E-state index contributed by atoms with van der Waals surface area (Å²) in [6.45, 7) is 2.28. The number of hydrogen-bond donors (Lipinski definition) is 1. The Hall–Kier alpha value is -3.51. The Morgan fingerprint density at radius 1 is 1.54 bits per heavy atom. The van der Waals surface area contributed by atoms with E-state index in [2.05, 4.69) is 4.99 Å². The Balaban J connectivity index is 2.04. The van der Waals surface area contributed by atoms with Gasteiger partial charge in [-0.05, 0) is 31.4 Å². The lowest BCUT2D eigenvalue weighted by atomic mass is 10.1. The predicted octanol–water partition coefficient (Wildman–Crippen LogP) is 2.57. The van der Waals surface area contributed by atoms with Crippen molar-refractivity contribution < 1.29 is 14.8 Å². The maximum atomic E-state index is 12.6. The van der Waals surface area contributed by atoms with Crippen molar-refractivity contribution in [2.75, 3.05) is 6.61 Å². The van der Waals surface area contributed by atoms with Gasteiger partial charge in [-0.15, -0.1) is 0 Å². The second kappa shape index (κ2) is 8.02. The van der Waals surface area contributed by atoms with Crippen molar-refractivity contribution in [2.45, 2.75) is 32.4 Å². The van der Waals surface area contributed by atoms with E-state index in [0.29, 0.717) is 17.9 Å². The lowest BCUT2D eigenvalue weighted by Crippen LogP contribution is -2.29. The number of benzene rings is 1. The van der Waals surface area contributed by atoms with Crippen LogP contribution in [0.4, 0.5) is 11.4 Å². The average molecular weight is 382 g/mol. The van der Waals surface area contributed by atoms with Crippen LogP contribution in [-0.4, -0.2) is 33.5 Å². The molecule has 1 unspecified atom stereocenters. The SMILES string of the molecule is Cc1c(C=Nc2cccc([N+](=O)[O-])c2)c(O)n(CC2CCCO2)c(=O)c1C#N. The van der Waals surface area contributed by atoms with Crippen LogP contribution in [0.25, 0.3) is 0 Å². The number of aliphatic imine (C=N–C) groups is 1. The second-order valence-electron chi connectivity index (χ2n) is 6.44. The van der Waals surface area contributed by atoms with Gasteiger partial charge in [0, 0.05) is 25.0 Å². The lowest BCUT2D eigenvalue weighted by molar-refractivity contribution is -0.384. The van der Waals surface area contributed by atoms with Crippen LogP contribution in [0.2, 0.25) is 0 Å². The maximum Gasteiger partial charge on any atom is 0.271 e. The van der Waals surface area contributed by atoms with Crippen LogP contribution in [0.3, 0.4) is 0 Å². The number of aromatic hydroxyl groups is 1. The first-order valence-electron chi connectivity index (χ1n) is 8.69. The Kier molecular flexibility index (Phi) is 5.52. The van der Waals surface area contributed by atoms with Crippen LogP contribution in [0.1, 0.15) is 29.5 Å². The molecule has 0 aliphatic carbocycles. The van der Waals surface area contributed by atoms with Crippen molar-refractivity contribution in [3.63, 3.8) is 0 Å². The molecule has 9 nitrogen and oxygen atoms in total. The number of non-ortho nitro benzene ring substituents is 1. The summed E-state index contributed by atoms with van der Waals surface area (Å²) in [5, 5.41) is 30.9. The molecular weight excluding hydrogens is 364 g/mol. The largest absolute Gasteiger partial charge is 0.494 e. The summed E-state index contributed by atoms with van der Waals surface area (Å²) in [5.74, 6) is -0.314. The first kappa shape index (κ1) is 19.3. The van der Waals surface area contributed by atoms with E-state index in [1.165, 1.54) is 24.4 Å². The molecule has 2 aromatic rings. The zero-order valence-electron chi connectivity index (χ0n) is 15.2. The molecule has 0 saturated carbocycles. The summed E-state index contributed by atoms with van der Waals surface area (Å²) in [7, 11) is 0. The number of nitrogens with zero attached hydrogens (tertiary/aromatic N) is 4. The molecule has 1 aromatic carbocycles. The zero-order chi connectivity index (χ0) is 20.3. The third kappa shape index (κ3) is 3.77. The van der Waals surface area contributed by atoms with Crippen LogP contribution in [0.5, 0.6) is 5.88 Å². The van der Waals surface area contributed by atoms with Crippen LogP contribution in [0.15, 0.2) is 34.1 Å². The number of aromatic nitrogens is 1. The molecule has 1 aliphatic heterocycles. The van der Waals surface area contributed by atoms with Crippen molar-refractivity contribution in [2.24, 2.45) is 4.99 Å². The highest BCUT2D eigenvalue weighted by atomic mass is 16.6. The smallest absolute Gasteiger partial charge is 0.271 e. The molecule has 1 aromatic heterocycles. The molecule has 1 fully saturated rings. The normalized spacial score (nSPS) is 16.4. The number of hydrogen-bond acceptors (Lipinski definition) is 7. The summed E-state index contributed by atoms with van der Waals surface area (Å²) >= 11 is 0. The molecule has 1 aliphatic rings. The van der Waals surface area contributed by atoms with E-state index < -0.39 is 10.5 Å². The highest BCUT2D eigenvalue weighted by Gasteiger charge is 2.23. The summed E-state index contributed by atoms with van der Waals surface area (Å²) in [6, 6.07) is 7.58. The molecule has 28 heavy (non-hydrogen) atoms. The first-order valence-corrected chi connectivity index (χ1v) is 8.69. The second-order valence-corrected chi connectivity index (χ2v) is 6.44. The molecule has 1 N–H and O–H groups in total. The minimum Gasteiger partial charge on any atom is -0.494 e. The predicted molar refractivity (Wildman–Crippen MR) is 101 cm³/mol. The fourth-order valence-electron chi connectivity index (χ4n) is 3.11. The summed E-state index contributed by atoms with van der Waals surface area (Å²) in [5.41, 5.74) is 0.0280. The van der Waals surface area contributed by atoms with Gasteiger partial charge in [-0.25, -0.2) is 0 Å². The molecule has 1 saturated heterocycles. The quantitative estimate of drug-likeness (QED) is 0.480. The molecule has 0 amide bonds. The molecule has 1 atom stereocenters. The number of pyridine rings is 1. The Morgan fingerprint density at radius 3 is 2.96 bits per heavy atom. The highest BCUT2D eigenvalue weighted by Crippen LogP contribution is 2.24. The van der Waals surface area contributed by atoms with Gasteiger partial charge >= 0.3 is 0 Å². The lowest BCUT2D eigenvalue weighted by Gasteiger charge is -2.17. The van der Waals surface area contributed by atoms with E-state index in [1.807, 2.05) is 6.07 Å². The summed E-state index contributed by atoms with van der Waals surface area (Å²) < 4.78 is 6.65. The van der Waals surface area contributed by atoms with Gasteiger partial charge in [0.2, 0.25) is 5.88 Å². The number of nitro benzene ring substituents is 1. The summed E-state index contributed by atoms with van der Waals surface area (Å²) in [6.07, 6.45) is 2.73. The van der Waals surface area contributed by atoms with E-state index in [0.717, 1.165) is 17.4 Å². The van der Waals surface area contributed by atoms with Crippen molar-refractivity contribution in [3.8, 4) is 11.9 Å². The zero-order valence-corrected chi connectivity index (χ0v) is 15.2. The number of ether oxygens (including phenoxy) is 1. The van der Waals surface area contributed by atoms with Crippen LogP contribution in [0, 0.1) is 28.4 Å². The van der Waals surface area contributed by atoms with Gasteiger partial charge in [-0.2, -0.15) is 5.26 Å². The van der Waals surface area contributed by atoms with Crippen molar-refractivity contribution >= 4 is 17.6 Å². The molecule has 144 valence electrons. The van der Waals surface area contributed by atoms with Gasteiger partial charge in [-0.1, -0.05) is 6.07 Å². The van der Waals surface area contributed by atoms with E-state index in [-0.39, 0.29) is 35.3 Å². The Morgan fingerprint density at radius 2 is 2.32 bits per heavy atom. The molecular formula is C19H18N4O5. The first-order chi connectivity index (χ1) is 13.4. The van der Waals surface area contributed by atoms with Crippen LogP contribution in [-0.2, 0) is 11.3 Å². The molecule has 2 heterocycles. The molecule has 9 heteroatoms. The van der Waals surface area contributed by atoms with E-state index in [1.54, 1.807) is 13.0 Å². The third-order valence-electron chi connectivity index (χ3n) is 4.64. The molecule has 0 bridgehead atoms. The van der Waals surface area contributed by atoms with Crippen LogP contribution < -0.4 is 5.56 Å². The monoisotopic (exact) mass is 382 g/mol. The fraction of sp³-hybridized carbons (Fsp3) is 0.316. The maximum absolute atomic E-state index is 12.6. The number of rotatable bonds is 5. The molecule has 0 spiro atoms. The van der Waals surface area contributed by atoms with Crippen LogP contribution >= 0.6 is 0 Å². The van der Waals surface area contributed by atoms with Gasteiger partial charge in [0.25, 0.3) is 11.2 Å². The third-order valence-corrected chi connectivity index (χ3v) is 4.64. The van der Waals surface area contributed by atoms with Gasteiger partial charge in [0.05, 0.1) is 28.8 Å². The Labute approximate surface area is 160 Å². The van der Waals surface area contributed by atoms with Crippen molar-refractivity contribution in [1.82, 2.24) is 4.57 Å². The fourth-order valence-corrected chi connectivity index (χ4v) is 3.11. The van der Waals surface area contributed by atoms with Gasteiger partial charge < -0.3 is 9.84 Å². The summed E-state index contributed by atoms with van der Waals surface area (Å²) in [4.78, 5) is 27.1. The molecule has 3 rings (SSSR count). The standard InChI is InChI=1S/C19H18N4O5/c1-12-16(9-20)18(24)22(11-15-6-3-7-28-15)19(25)17(12)10-21-13-4-2-5-14(8-13)23(26)27/h2,4-5,8,10,15,25H,3,6-7,11H2,1H3. The minimum atomic E-state index is -0.583. The Bertz CT molecular complexity index is 1050. The van der Waals surface area contributed by atoms with E-state index in [4.69, 9.17) is 4.74 Å². The number of nitro groups is 1. The topological polar surface area (TPSA) is 131 Å². The number of nitriles is 1. The highest BCUT2D eigenvalue weighted by molar-refractivity contribution is 5.87. The van der Waals surface area contributed by atoms with E-state index in [9.17, 15) is 25.3 Å².